The van der Waals surface area contributed by atoms with Crippen LogP contribution in [-0.4, -0.2) is 17.1 Å². The monoisotopic (exact) mass is 253 g/mol. The van der Waals surface area contributed by atoms with Crippen LogP contribution in [0.3, 0.4) is 0 Å². The van der Waals surface area contributed by atoms with Crippen LogP contribution in [-0.2, 0) is 0 Å². The van der Waals surface area contributed by atoms with Gasteiger partial charge in [-0.1, -0.05) is 12.1 Å². The molecule has 0 aliphatic rings. The fourth-order valence-corrected chi connectivity index (χ4v) is 2.29. The molecular formula is C15H15N3O. The van der Waals surface area contributed by atoms with E-state index in [2.05, 4.69) is 9.97 Å². The summed E-state index contributed by atoms with van der Waals surface area (Å²) in [6, 6.07) is 9.99. The van der Waals surface area contributed by atoms with Crippen molar-refractivity contribution < 1.29 is 4.74 Å². The Kier molecular flexibility index (Phi) is 2.63. The number of ether oxygens (including phenoxy) is 1. The molecule has 3 aromatic rings. The lowest BCUT2D eigenvalue weighted by atomic mass is 10.0. The number of fused-ring (bicyclic) bond motifs is 1. The Hall–Kier alpha value is -2.49. The van der Waals surface area contributed by atoms with Gasteiger partial charge in [0.15, 0.2) is 0 Å². The second kappa shape index (κ2) is 4.31. The van der Waals surface area contributed by atoms with E-state index in [1.165, 1.54) is 0 Å². The maximum absolute atomic E-state index is 6.02. The molecule has 4 nitrogen and oxygen atoms in total. The van der Waals surface area contributed by atoms with E-state index < -0.39 is 0 Å². The van der Waals surface area contributed by atoms with Gasteiger partial charge in [-0.15, -0.1) is 0 Å². The fraction of sp³-hybridized carbons (Fsp3) is 0.133. The molecule has 0 bridgehead atoms. The van der Waals surface area contributed by atoms with Crippen molar-refractivity contribution >= 4 is 16.7 Å². The van der Waals surface area contributed by atoms with E-state index in [-0.39, 0.29) is 0 Å². The molecule has 0 spiro atoms. The van der Waals surface area contributed by atoms with Crippen molar-refractivity contribution in [3.8, 4) is 16.9 Å². The summed E-state index contributed by atoms with van der Waals surface area (Å²) in [5.41, 5.74) is 10.7. The second-order valence-corrected chi connectivity index (χ2v) is 4.51. The first kappa shape index (κ1) is 11.6. The highest BCUT2D eigenvalue weighted by molar-refractivity contribution is 6.01. The number of hydrogen-bond acceptors (Lipinski definition) is 3. The summed E-state index contributed by atoms with van der Waals surface area (Å²) in [6.07, 6.45) is 1.78. The smallest absolute Gasteiger partial charge is 0.140 e. The van der Waals surface area contributed by atoms with Gasteiger partial charge in [0.05, 0.1) is 12.8 Å². The summed E-state index contributed by atoms with van der Waals surface area (Å²) < 4.78 is 5.18. The van der Waals surface area contributed by atoms with Crippen LogP contribution in [0.4, 0.5) is 5.69 Å². The normalized spacial score (nSPS) is 10.8. The Balaban J connectivity index is 2.25. The molecular weight excluding hydrogens is 238 g/mol. The molecule has 0 aliphatic carbocycles. The molecule has 0 saturated carbocycles. The van der Waals surface area contributed by atoms with Crippen molar-refractivity contribution in [2.24, 2.45) is 0 Å². The molecule has 0 amide bonds. The van der Waals surface area contributed by atoms with Crippen LogP contribution in [0, 0.1) is 6.92 Å². The minimum atomic E-state index is 0.716. The third-order valence-electron chi connectivity index (χ3n) is 3.20. The van der Waals surface area contributed by atoms with E-state index in [9.17, 15) is 0 Å². The highest BCUT2D eigenvalue weighted by Crippen LogP contribution is 2.32. The van der Waals surface area contributed by atoms with Crippen molar-refractivity contribution in [1.82, 2.24) is 9.97 Å². The predicted molar refractivity (Wildman–Crippen MR) is 77.2 cm³/mol. The minimum Gasteiger partial charge on any atom is -0.497 e. The van der Waals surface area contributed by atoms with Crippen molar-refractivity contribution in [3.05, 3.63) is 42.2 Å². The Morgan fingerprint density at radius 1 is 1.21 bits per heavy atom. The molecule has 2 aromatic heterocycles. The van der Waals surface area contributed by atoms with E-state index in [1.807, 2.05) is 37.3 Å². The second-order valence-electron chi connectivity index (χ2n) is 4.51. The van der Waals surface area contributed by atoms with Gasteiger partial charge >= 0.3 is 0 Å². The van der Waals surface area contributed by atoms with E-state index >= 15 is 0 Å². The Labute approximate surface area is 111 Å². The molecule has 0 saturated heterocycles. The average Bonchev–Trinajstić information content (AvgIpc) is 2.79. The number of nitrogens with two attached hydrogens (primary N) is 1. The number of methoxy groups -OCH3 is 1. The molecule has 0 radical (unpaired) electrons. The van der Waals surface area contributed by atoms with Gasteiger partial charge in [-0.05, 0) is 36.2 Å². The molecule has 0 aliphatic heterocycles. The van der Waals surface area contributed by atoms with Gasteiger partial charge in [0.1, 0.15) is 11.4 Å². The molecule has 4 heteroatoms. The lowest BCUT2D eigenvalue weighted by Gasteiger charge is -2.07. The number of nitrogen functional groups attached to an aromatic ring is 1. The number of aromatic nitrogens is 2. The summed E-state index contributed by atoms with van der Waals surface area (Å²) in [5, 5.41) is 0.968. The van der Waals surface area contributed by atoms with Gasteiger partial charge in [-0.2, -0.15) is 0 Å². The summed E-state index contributed by atoms with van der Waals surface area (Å²) in [5.74, 6) is 0.841. The van der Waals surface area contributed by atoms with E-state index in [0.29, 0.717) is 5.69 Å². The van der Waals surface area contributed by atoms with E-state index in [0.717, 1.165) is 33.6 Å². The summed E-state index contributed by atoms with van der Waals surface area (Å²) in [6.45, 7) is 1.98. The third kappa shape index (κ3) is 1.91. The van der Waals surface area contributed by atoms with E-state index in [1.54, 1.807) is 13.3 Å². The van der Waals surface area contributed by atoms with Crippen molar-refractivity contribution in [3.63, 3.8) is 0 Å². The highest BCUT2D eigenvalue weighted by atomic mass is 16.5. The maximum atomic E-state index is 6.02. The number of hydrogen-bond donors (Lipinski definition) is 2. The number of rotatable bonds is 2. The number of aromatic amines is 1. The molecule has 3 rings (SSSR count). The lowest BCUT2D eigenvalue weighted by Crippen LogP contribution is -1.90. The topological polar surface area (TPSA) is 63.9 Å². The van der Waals surface area contributed by atoms with Crippen LogP contribution in [0.5, 0.6) is 5.75 Å². The van der Waals surface area contributed by atoms with Crippen molar-refractivity contribution in [2.75, 3.05) is 12.8 Å². The standard InChI is InChI=1S/C15H15N3O/c1-9-7-12(10-3-5-11(19-2)6-4-10)14-13(16)8-17-15(14)18-9/h3-8H,16H2,1-2H3,(H,17,18). The van der Waals surface area contributed by atoms with Crippen LogP contribution in [0.2, 0.25) is 0 Å². The van der Waals surface area contributed by atoms with Crippen molar-refractivity contribution in [2.45, 2.75) is 6.92 Å². The zero-order valence-electron chi connectivity index (χ0n) is 10.9. The van der Waals surface area contributed by atoms with Gasteiger partial charge in [-0.25, -0.2) is 4.98 Å². The lowest BCUT2D eigenvalue weighted by molar-refractivity contribution is 0.415. The Bertz CT molecular complexity index is 729. The van der Waals surface area contributed by atoms with Gasteiger partial charge in [-0.3, -0.25) is 0 Å². The SMILES string of the molecule is COc1ccc(-c2cc(C)nc3[nH]cc(N)c23)cc1. The van der Waals surface area contributed by atoms with Crippen LogP contribution in [0.15, 0.2) is 36.5 Å². The summed E-state index contributed by atoms with van der Waals surface area (Å²) in [7, 11) is 1.66. The Morgan fingerprint density at radius 2 is 1.95 bits per heavy atom. The number of anilines is 1. The fourth-order valence-electron chi connectivity index (χ4n) is 2.29. The quantitative estimate of drug-likeness (QED) is 0.737. The maximum Gasteiger partial charge on any atom is 0.140 e. The Morgan fingerprint density at radius 3 is 2.63 bits per heavy atom. The van der Waals surface area contributed by atoms with E-state index in [4.69, 9.17) is 10.5 Å². The van der Waals surface area contributed by atoms with Crippen LogP contribution < -0.4 is 10.5 Å². The number of pyridine rings is 1. The average molecular weight is 253 g/mol. The molecule has 19 heavy (non-hydrogen) atoms. The zero-order valence-corrected chi connectivity index (χ0v) is 10.9. The number of aryl methyl sites for hydroxylation is 1. The zero-order chi connectivity index (χ0) is 13.4. The first-order chi connectivity index (χ1) is 9.19. The third-order valence-corrected chi connectivity index (χ3v) is 3.20. The van der Waals surface area contributed by atoms with Gasteiger partial charge < -0.3 is 15.5 Å². The molecule has 0 fully saturated rings. The molecule has 0 unspecified atom stereocenters. The van der Waals surface area contributed by atoms with Crippen LogP contribution >= 0.6 is 0 Å². The first-order valence-electron chi connectivity index (χ1n) is 6.07. The highest BCUT2D eigenvalue weighted by Gasteiger charge is 2.10. The van der Waals surface area contributed by atoms with Gasteiger partial charge in [0.2, 0.25) is 0 Å². The predicted octanol–water partition coefficient (Wildman–Crippen LogP) is 3.13. The molecule has 3 N–H and O–H groups in total. The largest absolute Gasteiger partial charge is 0.497 e. The summed E-state index contributed by atoms with van der Waals surface area (Å²) in [4.78, 5) is 7.56. The van der Waals surface area contributed by atoms with Crippen LogP contribution in [0.25, 0.3) is 22.2 Å². The number of H-pyrrole nitrogens is 1. The van der Waals surface area contributed by atoms with Gasteiger partial charge in [0, 0.05) is 17.3 Å². The van der Waals surface area contributed by atoms with Gasteiger partial charge in [0.25, 0.3) is 0 Å². The number of nitrogens with zero attached hydrogens (tertiary/aromatic N) is 1. The number of nitrogens with one attached hydrogen (secondary N) is 1. The van der Waals surface area contributed by atoms with Crippen LogP contribution in [0.1, 0.15) is 5.69 Å². The minimum absolute atomic E-state index is 0.716. The number of benzene rings is 1. The first-order valence-corrected chi connectivity index (χ1v) is 6.07. The molecule has 1 aromatic carbocycles. The van der Waals surface area contributed by atoms with Crippen molar-refractivity contribution in [1.29, 1.82) is 0 Å². The molecule has 2 heterocycles. The molecule has 0 atom stereocenters. The molecule has 96 valence electrons. The summed E-state index contributed by atoms with van der Waals surface area (Å²) >= 11 is 0.